The summed E-state index contributed by atoms with van der Waals surface area (Å²) in [7, 11) is 0. The van der Waals surface area contributed by atoms with E-state index in [9.17, 15) is 9.59 Å². The summed E-state index contributed by atoms with van der Waals surface area (Å²) in [5.41, 5.74) is 0. The van der Waals surface area contributed by atoms with Gasteiger partial charge in [-0.25, -0.2) is 4.79 Å². The van der Waals surface area contributed by atoms with Crippen LogP contribution in [-0.2, 0) is 11.2 Å². The van der Waals surface area contributed by atoms with Crippen LogP contribution in [0.5, 0.6) is 0 Å². The van der Waals surface area contributed by atoms with Gasteiger partial charge in [0.15, 0.2) is 5.82 Å². The van der Waals surface area contributed by atoms with E-state index in [2.05, 4.69) is 20.0 Å². The molecule has 110 valence electrons. The van der Waals surface area contributed by atoms with Gasteiger partial charge < -0.3 is 19.8 Å². The lowest BCUT2D eigenvalue weighted by Crippen LogP contribution is -2.45. The van der Waals surface area contributed by atoms with Gasteiger partial charge in [-0.2, -0.15) is 4.98 Å². The fourth-order valence-electron chi connectivity index (χ4n) is 2.28. The van der Waals surface area contributed by atoms with Crippen molar-refractivity contribution in [1.82, 2.24) is 20.4 Å². The molecule has 0 bridgehead atoms. The first-order chi connectivity index (χ1) is 9.65. The van der Waals surface area contributed by atoms with E-state index < -0.39 is 5.97 Å². The maximum Gasteiger partial charge on any atom is 0.317 e. The number of nitrogens with zero attached hydrogens (tertiary/aromatic N) is 3. The van der Waals surface area contributed by atoms with E-state index in [1.165, 1.54) is 6.39 Å². The molecule has 0 saturated carbocycles. The zero-order valence-electron chi connectivity index (χ0n) is 11.1. The average molecular weight is 282 g/mol. The van der Waals surface area contributed by atoms with E-state index in [4.69, 9.17) is 5.11 Å². The van der Waals surface area contributed by atoms with Crippen LogP contribution in [0.1, 0.15) is 25.1 Å². The van der Waals surface area contributed by atoms with E-state index in [-0.39, 0.29) is 18.4 Å². The average Bonchev–Trinajstić information content (AvgIpc) is 2.92. The molecular formula is C12H18N4O4. The normalized spacial score (nSPS) is 16.1. The van der Waals surface area contributed by atoms with E-state index in [1.807, 2.05) is 0 Å². The minimum atomic E-state index is -0.770. The number of hydrogen-bond donors (Lipinski definition) is 2. The topological polar surface area (TPSA) is 109 Å². The lowest BCUT2D eigenvalue weighted by molar-refractivity contribution is -0.138. The summed E-state index contributed by atoms with van der Waals surface area (Å²) < 4.78 is 4.60. The van der Waals surface area contributed by atoms with Gasteiger partial charge in [0.05, 0.1) is 0 Å². The van der Waals surface area contributed by atoms with Gasteiger partial charge in [-0.3, -0.25) is 4.79 Å². The highest BCUT2D eigenvalue weighted by Crippen LogP contribution is 2.20. The largest absolute Gasteiger partial charge is 0.481 e. The number of carboxylic acids is 1. The highest BCUT2D eigenvalue weighted by Gasteiger charge is 2.23. The zero-order chi connectivity index (χ0) is 14.4. The predicted molar refractivity (Wildman–Crippen MR) is 68.0 cm³/mol. The van der Waals surface area contributed by atoms with Crippen LogP contribution in [0.2, 0.25) is 0 Å². The molecule has 0 aliphatic carbocycles. The standard InChI is InChI=1S/C12H18N4O4/c17-11(18)7-9-2-5-16(6-3-9)12(19)13-4-1-10-14-8-20-15-10/h8-9H,1-7H2,(H,13,19)(H,17,18). The van der Waals surface area contributed by atoms with Crippen molar-refractivity contribution in [2.75, 3.05) is 19.6 Å². The Hall–Kier alpha value is -2.12. The molecule has 2 heterocycles. The summed E-state index contributed by atoms with van der Waals surface area (Å²) in [4.78, 5) is 28.1. The van der Waals surface area contributed by atoms with Gasteiger partial charge in [0.25, 0.3) is 0 Å². The van der Waals surface area contributed by atoms with E-state index in [1.54, 1.807) is 4.90 Å². The molecule has 0 radical (unpaired) electrons. The Morgan fingerprint density at radius 3 is 2.80 bits per heavy atom. The first-order valence-corrected chi connectivity index (χ1v) is 6.65. The van der Waals surface area contributed by atoms with Gasteiger partial charge in [0.2, 0.25) is 6.39 Å². The van der Waals surface area contributed by atoms with Crippen LogP contribution in [0.4, 0.5) is 4.79 Å². The number of nitrogens with one attached hydrogen (secondary N) is 1. The molecule has 0 unspecified atom stereocenters. The second kappa shape index (κ2) is 6.88. The van der Waals surface area contributed by atoms with Crippen molar-refractivity contribution in [3.63, 3.8) is 0 Å². The number of carboxylic acid groups (broad SMARTS) is 1. The molecule has 0 aromatic carbocycles. The number of amides is 2. The second-order valence-electron chi connectivity index (χ2n) is 4.86. The van der Waals surface area contributed by atoms with Crippen LogP contribution in [0.25, 0.3) is 0 Å². The number of carbonyl (C=O) groups is 2. The Balaban J connectivity index is 1.65. The number of hydrogen-bond acceptors (Lipinski definition) is 5. The number of rotatable bonds is 5. The number of carbonyl (C=O) groups excluding carboxylic acids is 1. The lowest BCUT2D eigenvalue weighted by atomic mass is 9.94. The lowest BCUT2D eigenvalue weighted by Gasteiger charge is -2.31. The van der Waals surface area contributed by atoms with E-state index in [0.717, 1.165) is 12.8 Å². The Morgan fingerprint density at radius 2 is 2.20 bits per heavy atom. The molecule has 1 saturated heterocycles. The molecule has 0 atom stereocenters. The smallest absolute Gasteiger partial charge is 0.317 e. The van der Waals surface area contributed by atoms with Crippen LogP contribution in [-0.4, -0.2) is 51.8 Å². The number of aliphatic carboxylic acids is 1. The van der Waals surface area contributed by atoms with Crippen molar-refractivity contribution in [1.29, 1.82) is 0 Å². The second-order valence-corrected chi connectivity index (χ2v) is 4.86. The molecule has 0 spiro atoms. The van der Waals surface area contributed by atoms with Crippen LogP contribution in [0, 0.1) is 5.92 Å². The van der Waals surface area contributed by atoms with Crippen molar-refractivity contribution in [2.45, 2.75) is 25.7 Å². The van der Waals surface area contributed by atoms with Gasteiger partial charge in [-0.15, -0.1) is 0 Å². The van der Waals surface area contributed by atoms with Crippen LogP contribution < -0.4 is 5.32 Å². The fraction of sp³-hybridized carbons (Fsp3) is 0.667. The summed E-state index contributed by atoms with van der Waals surface area (Å²) in [6.07, 6.45) is 3.45. The van der Waals surface area contributed by atoms with Crippen molar-refractivity contribution >= 4 is 12.0 Å². The molecule has 2 amide bonds. The van der Waals surface area contributed by atoms with Crippen LogP contribution in [0.3, 0.4) is 0 Å². The molecule has 1 aromatic heterocycles. The van der Waals surface area contributed by atoms with E-state index in [0.29, 0.717) is 31.9 Å². The number of urea groups is 1. The van der Waals surface area contributed by atoms with Crippen LogP contribution in [0.15, 0.2) is 10.9 Å². The van der Waals surface area contributed by atoms with Gasteiger partial charge in [0, 0.05) is 32.5 Å². The van der Waals surface area contributed by atoms with Gasteiger partial charge in [-0.1, -0.05) is 5.16 Å². The molecule has 8 nitrogen and oxygen atoms in total. The Bertz CT molecular complexity index is 440. The first kappa shape index (κ1) is 14.3. The molecule has 2 rings (SSSR count). The van der Waals surface area contributed by atoms with Crippen LogP contribution >= 0.6 is 0 Å². The fourth-order valence-corrected chi connectivity index (χ4v) is 2.28. The Labute approximate surface area is 116 Å². The maximum absolute atomic E-state index is 11.9. The van der Waals surface area contributed by atoms with E-state index >= 15 is 0 Å². The van der Waals surface area contributed by atoms with Crippen molar-refractivity contribution in [3.8, 4) is 0 Å². The molecule has 1 aliphatic rings. The predicted octanol–water partition coefficient (Wildman–Crippen LogP) is 0.508. The summed E-state index contributed by atoms with van der Waals surface area (Å²) in [5.74, 6) is -0.0330. The first-order valence-electron chi connectivity index (χ1n) is 6.65. The minimum absolute atomic E-state index is 0.123. The highest BCUT2D eigenvalue weighted by atomic mass is 16.5. The maximum atomic E-state index is 11.9. The summed E-state index contributed by atoms with van der Waals surface area (Å²) in [6, 6.07) is -0.123. The van der Waals surface area contributed by atoms with Gasteiger partial charge in [0.1, 0.15) is 0 Å². The quantitative estimate of drug-likeness (QED) is 0.814. The van der Waals surface area contributed by atoms with Crippen molar-refractivity contribution in [3.05, 3.63) is 12.2 Å². The number of aromatic nitrogens is 2. The molecule has 2 N–H and O–H groups in total. The molecule has 20 heavy (non-hydrogen) atoms. The third-order valence-electron chi connectivity index (χ3n) is 3.40. The molecule has 1 aliphatic heterocycles. The monoisotopic (exact) mass is 282 g/mol. The minimum Gasteiger partial charge on any atom is -0.481 e. The molecule has 8 heteroatoms. The highest BCUT2D eigenvalue weighted by molar-refractivity contribution is 5.74. The third kappa shape index (κ3) is 4.22. The summed E-state index contributed by atoms with van der Waals surface area (Å²) in [5, 5.41) is 15.2. The zero-order valence-corrected chi connectivity index (χ0v) is 11.1. The summed E-state index contributed by atoms with van der Waals surface area (Å²) in [6.45, 7) is 1.66. The van der Waals surface area contributed by atoms with Gasteiger partial charge in [-0.05, 0) is 18.8 Å². The molecule has 1 fully saturated rings. The SMILES string of the molecule is O=C(O)CC1CCN(C(=O)NCCc2ncon2)CC1. The van der Waals surface area contributed by atoms with Crippen molar-refractivity contribution in [2.24, 2.45) is 5.92 Å². The Kier molecular flexibility index (Phi) is 4.91. The number of piperidine rings is 1. The molecular weight excluding hydrogens is 264 g/mol. The molecule has 1 aromatic rings. The van der Waals surface area contributed by atoms with Crippen molar-refractivity contribution < 1.29 is 19.2 Å². The Morgan fingerprint density at radius 1 is 1.45 bits per heavy atom. The third-order valence-corrected chi connectivity index (χ3v) is 3.40. The summed E-state index contributed by atoms with van der Waals surface area (Å²) >= 11 is 0. The number of likely N-dealkylation sites (tertiary alicyclic amines) is 1. The van der Waals surface area contributed by atoms with Gasteiger partial charge >= 0.3 is 12.0 Å².